The van der Waals surface area contributed by atoms with E-state index in [0.717, 1.165) is 12.8 Å². The van der Waals surface area contributed by atoms with Crippen LogP contribution in [0.2, 0.25) is 0 Å². The Morgan fingerprint density at radius 2 is 1.34 bits per heavy atom. The highest BCUT2D eigenvalue weighted by Crippen LogP contribution is 2.38. The van der Waals surface area contributed by atoms with Crippen LogP contribution in [0.1, 0.15) is 63.9 Å². The van der Waals surface area contributed by atoms with E-state index in [1.54, 1.807) is 46.6 Å². The lowest BCUT2D eigenvalue weighted by molar-refractivity contribution is 0.394. The second kappa shape index (κ2) is 13.1. The molecule has 0 aliphatic rings. The molecule has 0 spiro atoms. The minimum absolute atomic E-state index is 0.0819. The fourth-order valence-electron chi connectivity index (χ4n) is 4.44. The Morgan fingerprint density at radius 3 is 1.97 bits per heavy atom. The first-order valence-corrected chi connectivity index (χ1v) is 12.5. The molecule has 6 heteroatoms. The molecule has 35 heavy (non-hydrogen) atoms. The number of benzene rings is 2. The maximum atomic E-state index is 13.8. The molecule has 1 heterocycles. The average Bonchev–Trinajstić information content (AvgIpc) is 2.89. The molecule has 6 nitrogen and oxygen atoms in total. The Morgan fingerprint density at radius 1 is 0.714 bits per heavy atom. The highest BCUT2D eigenvalue weighted by atomic mass is 16.5. The zero-order valence-electron chi connectivity index (χ0n) is 21.7. The van der Waals surface area contributed by atoms with Crippen LogP contribution < -0.4 is 24.4 Å². The average molecular weight is 483 g/mol. The lowest BCUT2D eigenvalue weighted by atomic mass is 9.98. The van der Waals surface area contributed by atoms with Crippen molar-refractivity contribution in [3.8, 4) is 34.3 Å². The van der Waals surface area contributed by atoms with E-state index in [0.29, 0.717) is 57.3 Å². The van der Waals surface area contributed by atoms with E-state index in [9.17, 15) is 4.79 Å². The third kappa shape index (κ3) is 6.30. The van der Waals surface area contributed by atoms with Crippen LogP contribution in [0.25, 0.3) is 22.3 Å². The van der Waals surface area contributed by atoms with Crippen molar-refractivity contribution in [1.82, 2.24) is 0 Å². The van der Waals surface area contributed by atoms with Crippen LogP contribution in [0.5, 0.6) is 23.0 Å². The van der Waals surface area contributed by atoms with Crippen molar-refractivity contribution in [1.29, 1.82) is 0 Å². The maximum Gasteiger partial charge on any atom is 0.200 e. The van der Waals surface area contributed by atoms with Crippen molar-refractivity contribution in [2.75, 3.05) is 28.4 Å². The Labute approximate surface area is 208 Å². The van der Waals surface area contributed by atoms with Crippen LogP contribution in [0.3, 0.4) is 0 Å². The summed E-state index contributed by atoms with van der Waals surface area (Å²) in [4.78, 5) is 13.8. The van der Waals surface area contributed by atoms with Gasteiger partial charge in [0, 0.05) is 23.8 Å². The summed E-state index contributed by atoms with van der Waals surface area (Å²) in [5, 5.41) is 0.430. The number of unbranched alkanes of at least 4 members (excludes halogenated alkanes) is 7. The molecule has 1 aromatic heterocycles. The predicted octanol–water partition coefficient (Wildman–Crippen LogP) is 7.18. The molecular weight excluding hydrogens is 444 g/mol. The van der Waals surface area contributed by atoms with E-state index < -0.39 is 0 Å². The fourth-order valence-corrected chi connectivity index (χ4v) is 4.44. The first kappa shape index (κ1) is 26.5. The largest absolute Gasteiger partial charge is 0.497 e. The van der Waals surface area contributed by atoms with Crippen LogP contribution in [0, 0.1) is 0 Å². The first-order chi connectivity index (χ1) is 17.1. The molecule has 0 saturated carbocycles. The molecule has 0 aliphatic carbocycles. The van der Waals surface area contributed by atoms with E-state index in [-0.39, 0.29) is 5.43 Å². The molecule has 0 fully saturated rings. The Balaban J connectivity index is 2.03. The van der Waals surface area contributed by atoms with Gasteiger partial charge in [-0.15, -0.1) is 0 Å². The van der Waals surface area contributed by atoms with E-state index in [2.05, 4.69) is 6.92 Å². The Kier molecular flexibility index (Phi) is 9.88. The minimum atomic E-state index is -0.0819. The third-order valence-electron chi connectivity index (χ3n) is 6.42. The summed E-state index contributed by atoms with van der Waals surface area (Å²) < 4.78 is 28.3. The molecule has 0 N–H and O–H groups in total. The summed E-state index contributed by atoms with van der Waals surface area (Å²) in [6.07, 6.45) is 10.1. The molecule has 0 radical (unpaired) electrons. The van der Waals surface area contributed by atoms with Gasteiger partial charge in [-0.05, 0) is 25.0 Å². The highest BCUT2D eigenvalue weighted by molar-refractivity contribution is 5.88. The van der Waals surface area contributed by atoms with E-state index in [4.69, 9.17) is 23.4 Å². The second-order valence-corrected chi connectivity index (χ2v) is 8.73. The van der Waals surface area contributed by atoms with Crippen molar-refractivity contribution in [2.24, 2.45) is 0 Å². The molecule has 0 saturated heterocycles. The smallest absolute Gasteiger partial charge is 0.200 e. The van der Waals surface area contributed by atoms with Crippen LogP contribution in [-0.2, 0) is 6.42 Å². The van der Waals surface area contributed by atoms with Gasteiger partial charge < -0.3 is 23.4 Å². The Hall–Kier alpha value is -3.15. The van der Waals surface area contributed by atoms with Crippen molar-refractivity contribution in [2.45, 2.75) is 64.7 Å². The van der Waals surface area contributed by atoms with E-state index in [1.165, 1.54) is 38.5 Å². The molecule has 2 aromatic carbocycles. The third-order valence-corrected chi connectivity index (χ3v) is 6.42. The van der Waals surface area contributed by atoms with E-state index in [1.807, 2.05) is 12.1 Å². The monoisotopic (exact) mass is 482 g/mol. The summed E-state index contributed by atoms with van der Waals surface area (Å²) in [6, 6.07) is 8.95. The molecule has 3 aromatic rings. The fraction of sp³-hybridized carbons (Fsp3) is 0.483. The summed E-state index contributed by atoms with van der Waals surface area (Å²) in [6.45, 7) is 2.23. The summed E-state index contributed by atoms with van der Waals surface area (Å²) >= 11 is 0. The normalized spacial score (nSPS) is 11.0. The van der Waals surface area contributed by atoms with Crippen molar-refractivity contribution in [3.05, 3.63) is 46.1 Å². The van der Waals surface area contributed by atoms with Gasteiger partial charge in [-0.3, -0.25) is 4.79 Å². The van der Waals surface area contributed by atoms with Crippen molar-refractivity contribution >= 4 is 11.0 Å². The van der Waals surface area contributed by atoms with Crippen LogP contribution in [-0.4, -0.2) is 28.4 Å². The van der Waals surface area contributed by atoms with Crippen LogP contribution in [0.4, 0.5) is 0 Å². The van der Waals surface area contributed by atoms with Gasteiger partial charge in [0.25, 0.3) is 0 Å². The van der Waals surface area contributed by atoms with Gasteiger partial charge in [-0.25, -0.2) is 0 Å². The van der Waals surface area contributed by atoms with E-state index >= 15 is 0 Å². The van der Waals surface area contributed by atoms with Gasteiger partial charge in [0.15, 0.2) is 5.43 Å². The van der Waals surface area contributed by atoms with Gasteiger partial charge in [-0.2, -0.15) is 0 Å². The van der Waals surface area contributed by atoms with Gasteiger partial charge in [0.05, 0.1) is 34.0 Å². The number of ether oxygens (including phenoxy) is 4. The molecular formula is C29H38O6. The lowest BCUT2D eigenvalue weighted by Crippen LogP contribution is -2.13. The standard InChI is InChI=1S/C29H38O6/c1-6-7-8-9-10-11-12-13-14-23-28(30)27-25(34-5)18-21(32-3)19-26(27)35-29(23)22-16-15-20(31-2)17-24(22)33-4/h15-19H,6-14H2,1-5H3. The lowest BCUT2D eigenvalue weighted by Gasteiger charge is -2.15. The second-order valence-electron chi connectivity index (χ2n) is 8.73. The molecule has 0 amide bonds. The highest BCUT2D eigenvalue weighted by Gasteiger charge is 2.22. The molecule has 0 atom stereocenters. The number of hydrogen-bond donors (Lipinski definition) is 0. The molecule has 190 valence electrons. The van der Waals surface area contributed by atoms with Crippen LogP contribution >= 0.6 is 0 Å². The molecule has 0 bridgehead atoms. The van der Waals surface area contributed by atoms with Gasteiger partial charge in [0.2, 0.25) is 0 Å². The SMILES string of the molecule is CCCCCCCCCCc1c(-c2ccc(OC)cc2OC)oc2cc(OC)cc(OC)c2c1=O. The maximum absolute atomic E-state index is 13.8. The molecule has 3 rings (SSSR count). The minimum Gasteiger partial charge on any atom is -0.497 e. The topological polar surface area (TPSA) is 67.1 Å². The first-order valence-electron chi connectivity index (χ1n) is 12.5. The quantitative estimate of drug-likeness (QED) is 0.227. The van der Waals surface area contributed by atoms with Gasteiger partial charge in [0.1, 0.15) is 39.7 Å². The number of fused-ring (bicyclic) bond motifs is 1. The van der Waals surface area contributed by atoms with Gasteiger partial charge in [-0.1, -0.05) is 51.9 Å². The molecule has 0 aliphatic heterocycles. The number of rotatable bonds is 14. The van der Waals surface area contributed by atoms with Gasteiger partial charge >= 0.3 is 0 Å². The van der Waals surface area contributed by atoms with Crippen molar-refractivity contribution in [3.63, 3.8) is 0 Å². The summed E-state index contributed by atoms with van der Waals surface area (Å²) in [5.74, 6) is 2.76. The Bertz CT molecular complexity index is 1160. The number of hydrogen-bond acceptors (Lipinski definition) is 6. The summed E-state index contributed by atoms with van der Waals surface area (Å²) in [7, 11) is 6.33. The number of methoxy groups -OCH3 is 4. The zero-order valence-corrected chi connectivity index (χ0v) is 21.7. The summed E-state index contributed by atoms with van der Waals surface area (Å²) in [5.41, 5.74) is 1.68. The van der Waals surface area contributed by atoms with Crippen molar-refractivity contribution < 1.29 is 23.4 Å². The van der Waals surface area contributed by atoms with Crippen LogP contribution in [0.15, 0.2) is 39.5 Å². The predicted molar refractivity (Wildman–Crippen MR) is 140 cm³/mol. The zero-order chi connectivity index (χ0) is 25.2. The molecule has 0 unspecified atom stereocenters.